The number of β-amino-alcohol motifs (C(OH)–C–C–N with tert-alkyl or cyclic N) is 1. The Balaban J connectivity index is 1.82. The molecule has 0 fully saturated rings. The van der Waals surface area contributed by atoms with Gasteiger partial charge in [-0.25, -0.2) is 0 Å². The van der Waals surface area contributed by atoms with Crippen molar-refractivity contribution >= 4 is 6.21 Å². The highest BCUT2D eigenvalue weighted by molar-refractivity contribution is 5.80. The summed E-state index contributed by atoms with van der Waals surface area (Å²) in [4.78, 5) is 9.41. The number of aliphatic hydroxyl groups excluding tert-OH is 1. The fourth-order valence-corrected chi connectivity index (χ4v) is 2.06. The number of hydrogen-bond acceptors (Lipinski definition) is 6. The number of oxime groups is 1. The maximum atomic E-state index is 9.87. The van der Waals surface area contributed by atoms with Gasteiger partial charge in [0.25, 0.3) is 0 Å². The van der Waals surface area contributed by atoms with Crippen molar-refractivity contribution in [3.05, 3.63) is 59.9 Å². The third-order valence-electron chi connectivity index (χ3n) is 3.42. The molecule has 6 heteroatoms. The van der Waals surface area contributed by atoms with Crippen molar-refractivity contribution in [2.45, 2.75) is 39.0 Å². The van der Waals surface area contributed by atoms with E-state index in [4.69, 9.17) is 9.57 Å². The van der Waals surface area contributed by atoms with Gasteiger partial charge >= 0.3 is 0 Å². The van der Waals surface area contributed by atoms with Gasteiger partial charge in [-0.3, -0.25) is 4.98 Å². The molecule has 0 aliphatic rings. The van der Waals surface area contributed by atoms with E-state index in [1.165, 1.54) is 6.21 Å². The van der Waals surface area contributed by atoms with E-state index in [2.05, 4.69) is 15.5 Å². The number of hydrogen-bond donors (Lipinski definition) is 2. The van der Waals surface area contributed by atoms with E-state index in [1.54, 1.807) is 12.3 Å². The summed E-state index contributed by atoms with van der Waals surface area (Å²) in [6, 6.07) is 13.5. The van der Waals surface area contributed by atoms with Gasteiger partial charge in [-0.15, -0.1) is 0 Å². The molecule has 6 nitrogen and oxygen atoms in total. The summed E-state index contributed by atoms with van der Waals surface area (Å²) in [6.45, 7) is 7.11. The highest BCUT2D eigenvalue weighted by atomic mass is 16.6. The van der Waals surface area contributed by atoms with Crippen LogP contribution in [-0.2, 0) is 11.4 Å². The van der Waals surface area contributed by atoms with Crippen molar-refractivity contribution < 1.29 is 14.7 Å². The Morgan fingerprint density at radius 2 is 1.96 bits per heavy atom. The molecule has 1 aromatic carbocycles. The SMILES string of the molecule is CC(C)(C)NCC(O)CO/N=C/c1ncccc1OCc1ccccc1. The molecule has 0 amide bonds. The maximum Gasteiger partial charge on any atom is 0.147 e. The van der Waals surface area contributed by atoms with Crippen LogP contribution in [0.15, 0.2) is 53.8 Å². The van der Waals surface area contributed by atoms with Crippen molar-refractivity contribution in [2.24, 2.45) is 5.16 Å². The minimum absolute atomic E-state index is 0.0524. The van der Waals surface area contributed by atoms with Crippen LogP contribution in [0, 0.1) is 0 Å². The fraction of sp³-hybridized carbons (Fsp3) is 0.400. The van der Waals surface area contributed by atoms with Crippen LogP contribution >= 0.6 is 0 Å². The summed E-state index contributed by atoms with van der Waals surface area (Å²) < 4.78 is 5.81. The molecule has 0 bridgehead atoms. The van der Waals surface area contributed by atoms with Crippen LogP contribution in [0.1, 0.15) is 32.0 Å². The van der Waals surface area contributed by atoms with E-state index in [9.17, 15) is 5.11 Å². The van der Waals surface area contributed by atoms with Gasteiger partial charge in [0.1, 0.15) is 30.8 Å². The third-order valence-corrected chi connectivity index (χ3v) is 3.42. The first-order chi connectivity index (χ1) is 12.4. The van der Waals surface area contributed by atoms with Crippen molar-refractivity contribution in [3.63, 3.8) is 0 Å². The summed E-state index contributed by atoms with van der Waals surface area (Å²) >= 11 is 0. The molecule has 1 aromatic heterocycles. The van der Waals surface area contributed by atoms with Gasteiger partial charge in [0.2, 0.25) is 0 Å². The summed E-state index contributed by atoms with van der Waals surface area (Å²) in [6.07, 6.45) is 2.52. The Morgan fingerprint density at radius 1 is 1.19 bits per heavy atom. The summed E-state index contributed by atoms with van der Waals surface area (Å²) in [5.74, 6) is 0.624. The van der Waals surface area contributed by atoms with Crippen molar-refractivity contribution in [1.82, 2.24) is 10.3 Å². The Kier molecular flexibility index (Phi) is 7.56. The van der Waals surface area contributed by atoms with Crippen LogP contribution in [0.3, 0.4) is 0 Å². The third kappa shape index (κ3) is 7.63. The topological polar surface area (TPSA) is 76.0 Å². The van der Waals surface area contributed by atoms with E-state index in [0.717, 1.165) is 5.56 Å². The Bertz CT molecular complexity index is 684. The molecular weight excluding hydrogens is 330 g/mol. The number of pyridine rings is 1. The minimum Gasteiger partial charge on any atom is -0.487 e. The summed E-state index contributed by atoms with van der Waals surface area (Å²) in [5, 5.41) is 17.0. The minimum atomic E-state index is -0.635. The smallest absolute Gasteiger partial charge is 0.147 e. The zero-order valence-corrected chi connectivity index (χ0v) is 15.6. The highest BCUT2D eigenvalue weighted by Gasteiger charge is 2.12. The molecule has 2 rings (SSSR count). The molecular formula is C20H27N3O3. The summed E-state index contributed by atoms with van der Waals surface area (Å²) in [7, 11) is 0. The van der Waals surface area contributed by atoms with Crippen LogP contribution in [-0.4, -0.2) is 41.1 Å². The van der Waals surface area contributed by atoms with Crippen LogP contribution in [0.4, 0.5) is 0 Å². The van der Waals surface area contributed by atoms with Gasteiger partial charge in [-0.2, -0.15) is 0 Å². The molecule has 0 aliphatic carbocycles. The second-order valence-electron chi connectivity index (χ2n) is 6.98. The molecule has 0 radical (unpaired) electrons. The predicted octanol–water partition coefficient (Wildman–Crippen LogP) is 2.76. The van der Waals surface area contributed by atoms with Gasteiger partial charge in [-0.05, 0) is 38.5 Å². The number of rotatable bonds is 9. The van der Waals surface area contributed by atoms with Gasteiger partial charge in [0.15, 0.2) is 0 Å². The average Bonchev–Trinajstić information content (AvgIpc) is 2.63. The molecule has 1 unspecified atom stereocenters. The van der Waals surface area contributed by atoms with Gasteiger partial charge in [-0.1, -0.05) is 35.5 Å². The van der Waals surface area contributed by atoms with Crippen LogP contribution in [0.2, 0.25) is 0 Å². The lowest BCUT2D eigenvalue weighted by molar-refractivity contribution is 0.0379. The van der Waals surface area contributed by atoms with Crippen molar-refractivity contribution in [2.75, 3.05) is 13.2 Å². The van der Waals surface area contributed by atoms with Crippen LogP contribution in [0.5, 0.6) is 5.75 Å². The first kappa shape index (κ1) is 19.9. The quantitative estimate of drug-likeness (QED) is 0.533. The predicted molar refractivity (Wildman–Crippen MR) is 102 cm³/mol. The zero-order chi connectivity index (χ0) is 18.8. The highest BCUT2D eigenvalue weighted by Crippen LogP contribution is 2.15. The lowest BCUT2D eigenvalue weighted by Crippen LogP contribution is -2.42. The first-order valence-corrected chi connectivity index (χ1v) is 8.64. The number of aromatic nitrogens is 1. The number of nitrogens with one attached hydrogen (secondary N) is 1. The molecule has 0 saturated carbocycles. The molecule has 0 saturated heterocycles. The maximum absolute atomic E-state index is 9.87. The molecule has 0 aliphatic heterocycles. The molecule has 1 atom stereocenters. The van der Waals surface area contributed by atoms with Crippen molar-refractivity contribution in [1.29, 1.82) is 0 Å². The van der Waals surface area contributed by atoms with Gasteiger partial charge < -0.3 is 20.0 Å². The zero-order valence-electron chi connectivity index (χ0n) is 15.6. The molecule has 140 valence electrons. The van der Waals surface area contributed by atoms with Gasteiger partial charge in [0, 0.05) is 18.3 Å². The van der Waals surface area contributed by atoms with E-state index < -0.39 is 6.10 Å². The molecule has 26 heavy (non-hydrogen) atoms. The molecule has 2 N–H and O–H groups in total. The fourth-order valence-electron chi connectivity index (χ4n) is 2.06. The van der Waals surface area contributed by atoms with E-state index in [0.29, 0.717) is 24.6 Å². The number of nitrogens with zero attached hydrogens (tertiary/aromatic N) is 2. The van der Waals surface area contributed by atoms with E-state index in [1.807, 2.05) is 57.2 Å². The Morgan fingerprint density at radius 3 is 2.69 bits per heavy atom. The molecule has 0 spiro atoms. The normalized spacial score (nSPS) is 12.9. The first-order valence-electron chi connectivity index (χ1n) is 8.64. The number of ether oxygens (including phenoxy) is 1. The van der Waals surface area contributed by atoms with Crippen molar-refractivity contribution in [3.8, 4) is 5.75 Å². The molecule has 2 aromatic rings. The lowest BCUT2D eigenvalue weighted by Gasteiger charge is -2.22. The second-order valence-corrected chi connectivity index (χ2v) is 6.98. The van der Waals surface area contributed by atoms with Gasteiger partial charge in [0.05, 0.1) is 6.21 Å². The lowest BCUT2D eigenvalue weighted by atomic mass is 10.1. The molecule has 1 heterocycles. The standard InChI is InChI=1S/C20H27N3O3/c1-20(2,3)22-12-17(24)15-26-23-13-18-19(10-7-11-21-18)25-14-16-8-5-4-6-9-16/h4-11,13,17,22,24H,12,14-15H2,1-3H3/b23-13+. The van der Waals surface area contributed by atoms with E-state index in [-0.39, 0.29) is 12.1 Å². The van der Waals surface area contributed by atoms with E-state index >= 15 is 0 Å². The Labute approximate surface area is 154 Å². The van der Waals surface area contributed by atoms with Crippen LogP contribution in [0.25, 0.3) is 0 Å². The summed E-state index contributed by atoms with van der Waals surface area (Å²) in [5.41, 5.74) is 1.60. The monoisotopic (exact) mass is 357 g/mol. The van der Waals surface area contributed by atoms with Crippen LogP contribution < -0.4 is 10.1 Å². The largest absolute Gasteiger partial charge is 0.487 e. The average molecular weight is 357 g/mol. The number of benzene rings is 1. The number of aliphatic hydroxyl groups is 1. The second kappa shape index (κ2) is 9.89. The Hall–Kier alpha value is -2.44.